The van der Waals surface area contributed by atoms with E-state index < -0.39 is 5.97 Å². The van der Waals surface area contributed by atoms with Crippen LogP contribution in [0.1, 0.15) is 0 Å². The van der Waals surface area contributed by atoms with E-state index in [1.807, 2.05) is 5.32 Å². The van der Waals surface area contributed by atoms with Crippen molar-refractivity contribution in [2.45, 2.75) is 0 Å². The third-order valence-corrected chi connectivity index (χ3v) is 1.25. The molecule has 3 nitrogen and oxygen atoms in total. The number of hydrogen-bond acceptors (Lipinski definition) is 1. The summed E-state index contributed by atoms with van der Waals surface area (Å²) in [6.45, 7) is 1.55. The van der Waals surface area contributed by atoms with Gasteiger partial charge >= 0.3 is 5.97 Å². The highest BCUT2D eigenvalue weighted by molar-refractivity contribution is 5.70. The molecule has 0 aromatic carbocycles. The highest BCUT2D eigenvalue weighted by atomic mass is 16.4. The molecule has 3 N–H and O–H groups in total. The fourth-order valence-electron chi connectivity index (χ4n) is 0.535. The molecule has 0 radical (unpaired) electrons. The van der Waals surface area contributed by atoms with Crippen LogP contribution in [0, 0.1) is 5.92 Å². The minimum atomic E-state index is -0.650. The number of rotatable bonds is 1. The summed E-state index contributed by atoms with van der Waals surface area (Å²) < 4.78 is 0. The number of carbonyl (C=O) groups is 1. The summed E-state index contributed by atoms with van der Waals surface area (Å²) in [6.07, 6.45) is 0. The van der Waals surface area contributed by atoms with Gasteiger partial charge in [0.05, 0.1) is 13.1 Å². The van der Waals surface area contributed by atoms with Crippen molar-refractivity contribution in [2.24, 2.45) is 5.92 Å². The zero-order chi connectivity index (χ0) is 5.28. The molecule has 1 fully saturated rings. The maximum Gasteiger partial charge on any atom is 0.318 e. The Hall–Kier alpha value is -0.570. The summed E-state index contributed by atoms with van der Waals surface area (Å²) >= 11 is 0. The summed E-state index contributed by atoms with van der Waals surface area (Å²) in [5, 5.41) is 10.2. The van der Waals surface area contributed by atoms with Gasteiger partial charge in [0.1, 0.15) is 0 Å². The standard InChI is InChI=1S/C4H7NO2/c6-4(7)3-1-5-2-3/h3,5H,1-2H2,(H,6,7)/p+1. The molecule has 0 saturated carbocycles. The smallest absolute Gasteiger partial charge is 0.318 e. The molecule has 0 unspecified atom stereocenters. The minimum absolute atomic E-state index is 0.0556. The zero-order valence-electron chi connectivity index (χ0n) is 3.92. The molecular formula is C4H8NO2+. The third-order valence-electron chi connectivity index (χ3n) is 1.25. The molecule has 7 heavy (non-hydrogen) atoms. The molecular weight excluding hydrogens is 94.0 g/mol. The first kappa shape index (κ1) is 4.59. The molecule has 0 spiro atoms. The first-order chi connectivity index (χ1) is 3.30. The van der Waals surface area contributed by atoms with Gasteiger partial charge in [-0.25, -0.2) is 0 Å². The molecule has 40 valence electrons. The molecule has 0 aromatic rings. The van der Waals surface area contributed by atoms with E-state index in [1.54, 1.807) is 0 Å². The molecule has 0 amide bonds. The number of hydrogen-bond donors (Lipinski definition) is 2. The van der Waals surface area contributed by atoms with E-state index in [0.717, 1.165) is 13.1 Å². The van der Waals surface area contributed by atoms with E-state index in [9.17, 15) is 4.79 Å². The van der Waals surface area contributed by atoms with Crippen LogP contribution in [0.3, 0.4) is 0 Å². The molecule has 3 heteroatoms. The van der Waals surface area contributed by atoms with Crippen molar-refractivity contribution in [2.75, 3.05) is 13.1 Å². The summed E-state index contributed by atoms with van der Waals surface area (Å²) in [6, 6.07) is 0. The van der Waals surface area contributed by atoms with Crippen molar-refractivity contribution in [1.82, 2.24) is 0 Å². The Kier molecular flexibility index (Phi) is 0.982. The Morgan fingerprint density at radius 1 is 1.71 bits per heavy atom. The normalized spacial score (nSPS) is 21.1. The van der Waals surface area contributed by atoms with Crippen LogP contribution < -0.4 is 5.32 Å². The SMILES string of the molecule is O=C(O)C1C[NH2+]C1. The monoisotopic (exact) mass is 102 g/mol. The highest BCUT2D eigenvalue weighted by Gasteiger charge is 2.28. The van der Waals surface area contributed by atoms with Crippen molar-refractivity contribution in [1.29, 1.82) is 0 Å². The molecule has 1 saturated heterocycles. The van der Waals surface area contributed by atoms with Crippen LogP contribution in [0.5, 0.6) is 0 Å². The predicted octanol–water partition coefficient (Wildman–Crippen LogP) is -1.74. The van der Waals surface area contributed by atoms with Crippen LogP contribution in [0.2, 0.25) is 0 Å². The first-order valence-corrected chi connectivity index (χ1v) is 2.35. The number of carboxylic acids is 1. The van der Waals surface area contributed by atoms with Gasteiger partial charge in [0, 0.05) is 0 Å². The second kappa shape index (κ2) is 1.50. The maximum absolute atomic E-state index is 9.96. The molecule has 0 bridgehead atoms. The van der Waals surface area contributed by atoms with Crippen molar-refractivity contribution >= 4 is 5.97 Å². The Labute approximate surface area is 41.3 Å². The zero-order valence-corrected chi connectivity index (χ0v) is 3.92. The Bertz CT molecular complexity index is 87.7. The van der Waals surface area contributed by atoms with Gasteiger partial charge in [-0.05, 0) is 0 Å². The van der Waals surface area contributed by atoms with Gasteiger partial charge in [0.25, 0.3) is 0 Å². The van der Waals surface area contributed by atoms with E-state index in [1.165, 1.54) is 0 Å². The van der Waals surface area contributed by atoms with Gasteiger partial charge in [-0.15, -0.1) is 0 Å². The highest BCUT2D eigenvalue weighted by Crippen LogP contribution is 1.92. The molecule has 1 heterocycles. The average molecular weight is 102 g/mol. The molecule has 1 rings (SSSR count). The lowest BCUT2D eigenvalue weighted by Crippen LogP contribution is -2.97. The lowest BCUT2D eigenvalue weighted by Gasteiger charge is -2.17. The third kappa shape index (κ3) is 0.718. The van der Waals surface area contributed by atoms with Crippen LogP contribution in [0.25, 0.3) is 0 Å². The lowest BCUT2D eigenvalue weighted by molar-refractivity contribution is -0.717. The summed E-state index contributed by atoms with van der Waals surface area (Å²) in [5.74, 6) is -0.706. The largest absolute Gasteiger partial charge is 0.481 e. The fraction of sp³-hybridized carbons (Fsp3) is 0.750. The second-order valence-electron chi connectivity index (χ2n) is 1.80. The van der Waals surface area contributed by atoms with Crippen LogP contribution >= 0.6 is 0 Å². The summed E-state index contributed by atoms with van der Waals surface area (Å²) in [7, 11) is 0. The van der Waals surface area contributed by atoms with Crippen LogP contribution in [-0.4, -0.2) is 24.2 Å². The van der Waals surface area contributed by atoms with Gasteiger partial charge in [-0.1, -0.05) is 0 Å². The van der Waals surface area contributed by atoms with Gasteiger partial charge in [0.15, 0.2) is 5.92 Å². The lowest BCUT2D eigenvalue weighted by atomic mass is 10.1. The van der Waals surface area contributed by atoms with Crippen molar-refractivity contribution < 1.29 is 15.2 Å². The van der Waals surface area contributed by atoms with Crippen LogP contribution in [0.15, 0.2) is 0 Å². The summed E-state index contributed by atoms with van der Waals surface area (Å²) in [4.78, 5) is 9.96. The van der Waals surface area contributed by atoms with E-state index in [-0.39, 0.29) is 5.92 Å². The van der Waals surface area contributed by atoms with Crippen molar-refractivity contribution in [3.05, 3.63) is 0 Å². The van der Waals surface area contributed by atoms with Gasteiger partial charge in [0.2, 0.25) is 0 Å². The maximum atomic E-state index is 9.96. The number of nitrogens with two attached hydrogens (primary N) is 1. The van der Waals surface area contributed by atoms with E-state index in [4.69, 9.17) is 5.11 Å². The Morgan fingerprint density at radius 2 is 2.29 bits per heavy atom. The topological polar surface area (TPSA) is 53.9 Å². The second-order valence-corrected chi connectivity index (χ2v) is 1.80. The molecule has 1 aliphatic heterocycles. The van der Waals surface area contributed by atoms with E-state index >= 15 is 0 Å². The molecule has 1 aliphatic rings. The summed E-state index contributed by atoms with van der Waals surface area (Å²) in [5.41, 5.74) is 0. The first-order valence-electron chi connectivity index (χ1n) is 2.35. The number of carboxylic acid groups (broad SMARTS) is 1. The van der Waals surface area contributed by atoms with Crippen molar-refractivity contribution in [3.63, 3.8) is 0 Å². The molecule has 0 atom stereocenters. The predicted molar refractivity (Wildman–Crippen MR) is 22.8 cm³/mol. The molecule has 0 aromatic heterocycles. The fourth-order valence-corrected chi connectivity index (χ4v) is 0.535. The van der Waals surface area contributed by atoms with Gasteiger partial charge in [-0.2, -0.15) is 0 Å². The number of quaternary nitrogens is 1. The quantitative estimate of drug-likeness (QED) is 0.413. The van der Waals surface area contributed by atoms with E-state index in [0.29, 0.717) is 0 Å². The Morgan fingerprint density at radius 3 is 2.29 bits per heavy atom. The Balaban J connectivity index is 2.27. The average Bonchev–Trinajstić information content (AvgIpc) is 1.23. The minimum Gasteiger partial charge on any atom is -0.481 e. The molecule has 0 aliphatic carbocycles. The van der Waals surface area contributed by atoms with Gasteiger partial charge in [-0.3, -0.25) is 4.79 Å². The van der Waals surface area contributed by atoms with Crippen LogP contribution in [-0.2, 0) is 4.79 Å². The number of aliphatic carboxylic acids is 1. The van der Waals surface area contributed by atoms with Crippen molar-refractivity contribution in [3.8, 4) is 0 Å². The van der Waals surface area contributed by atoms with Crippen LogP contribution in [0.4, 0.5) is 0 Å². The van der Waals surface area contributed by atoms with Gasteiger partial charge < -0.3 is 10.4 Å². The van der Waals surface area contributed by atoms with E-state index in [2.05, 4.69) is 0 Å².